The van der Waals surface area contributed by atoms with E-state index in [1.165, 1.54) is 84.4 Å². The Kier molecular flexibility index (Phi) is 21.5. The van der Waals surface area contributed by atoms with Crippen LogP contribution in [0.1, 0.15) is 19.9 Å². The summed E-state index contributed by atoms with van der Waals surface area (Å²) < 4.78 is 85.3. The molecule has 0 aliphatic rings. The van der Waals surface area contributed by atoms with E-state index in [0.29, 0.717) is 56.7 Å². The quantitative estimate of drug-likeness (QED) is 0.0586. The first kappa shape index (κ1) is 62.2. The summed E-state index contributed by atoms with van der Waals surface area (Å²) >= 11 is 3.38. The number of anilines is 2. The van der Waals surface area contributed by atoms with Crippen LogP contribution in [0.25, 0.3) is 44.3 Å². The number of fused-ring (bicyclic) bond motifs is 2. The first-order chi connectivity index (χ1) is 36.5. The Labute approximate surface area is 470 Å². The lowest BCUT2D eigenvalue weighted by atomic mass is 9.80. The summed E-state index contributed by atoms with van der Waals surface area (Å²) in [6, 6.07) is 43.4. The molecule has 412 valence electrons. The third-order valence-electron chi connectivity index (χ3n) is 11.3. The minimum absolute atomic E-state index is 0. The number of nitrogens with zero attached hydrogens (tertiary/aromatic N) is 4. The van der Waals surface area contributed by atoms with Gasteiger partial charge in [-0.05, 0) is 121 Å². The largest absolute Gasteiger partial charge is 0.495 e. The standard InChI is InChI=1S/C27H23N3O6S.C19H14BrN3O5S.C7H9BO2.CH4.2H3P/c1-3-35-21-6-4-5-18(15-21)19-7-10-24(25(17-19)34-2)30-23-11-9-22(16-20(23)8-12-27(30)31)37(32,33)29-26-13-14-36-28-26;1-27-17-11-13(20)3-5-16(17)23-15-6-4-14(10-12(15)2-7-19(23)24)29(25,26)22-18-8-9-28-21-18;1-6-3-2-4-7(5-6)8(9)10;;;/h4-17H,3H2,1-2H3,(H,28,29);2-11H,1H3,(H,21,22);2-5,9-10H,1H3;1H4;2*1H3. The topological polar surface area (TPSA) is 257 Å². The summed E-state index contributed by atoms with van der Waals surface area (Å²) in [5.41, 5.74) is 4.99. The molecule has 0 amide bonds. The van der Waals surface area contributed by atoms with Gasteiger partial charge >= 0.3 is 7.12 Å². The molecule has 0 spiro atoms. The number of benzene rings is 6. The minimum Gasteiger partial charge on any atom is -0.495 e. The molecule has 0 aliphatic carbocycles. The fourth-order valence-corrected chi connectivity index (χ4v) is 10.2. The fourth-order valence-electron chi connectivity index (χ4n) is 7.84. The molecule has 4 aromatic heterocycles. The molecule has 4 heterocycles. The normalized spacial score (nSPS) is 10.8. The molecular weight excluding hydrogens is 1160 g/mol. The highest BCUT2D eigenvalue weighted by Crippen LogP contribution is 2.34. The molecule has 0 radical (unpaired) electrons. The number of sulfonamides is 2. The van der Waals surface area contributed by atoms with Gasteiger partial charge in [-0.15, -0.1) is 0 Å². The summed E-state index contributed by atoms with van der Waals surface area (Å²) in [4.78, 5) is 25.7. The molecule has 0 fully saturated rings. The third-order valence-corrected chi connectivity index (χ3v) is 14.5. The van der Waals surface area contributed by atoms with Crippen molar-refractivity contribution < 1.29 is 50.1 Å². The van der Waals surface area contributed by atoms with Crippen LogP contribution in [0.5, 0.6) is 17.2 Å². The zero-order valence-electron chi connectivity index (χ0n) is 42.2. The Balaban J connectivity index is 0.000000244. The highest BCUT2D eigenvalue weighted by atomic mass is 79.9. The highest BCUT2D eigenvalue weighted by Gasteiger charge is 2.21. The summed E-state index contributed by atoms with van der Waals surface area (Å²) in [6.07, 6.45) is 2.54. The fraction of sp³-hybridized carbons (Fsp3) is 0.111. The van der Waals surface area contributed by atoms with E-state index in [2.05, 4.69) is 44.7 Å². The molecule has 25 heteroatoms. The van der Waals surface area contributed by atoms with Gasteiger partial charge in [-0.2, -0.15) is 19.8 Å². The predicted octanol–water partition coefficient (Wildman–Crippen LogP) is 8.83. The first-order valence-corrected chi connectivity index (χ1v) is 26.6. The van der Waals surface area contributed by atoms with Gasteiger partial charge in [-0.1, -0.05) is 81.7 Å². The first-order valence-electron chi connectivity index (χ1n) is 22.8. The maximum atomic E-state index is 13.0. The molecule has 0 bridgehead atoms. The van der Waals surface area contributed by atoms with Gasteiger partial charge in [-0.25, -0.2) is 16.8 Å². The van der Waals surface area contributed by atoms with Crippen LogP contribution in [0.15, 0.2) is 203 Å². The number of ether oxygens (including phenoxy) is 3. The van der Waals surface area contributed by atoms with Gasteiger partial charge in [0, 0.05) is 39.5 Å². The number of halogens is 1. The molecule has 2 unspecified atom stereocenters. The summed E-state index contributed by atoms with van der Waals surface area (Å²) in [5, 5.41) is 25.7. The lowest BCUT2D eigenvalue weighted by molar-refractivity contribution is 0.340. The number of aryl methyl sites for hydroxylation is 1. The van der Waals surface area contributed by atoms with Crippen LogP contribution in [-0.4, -0.2) is 74.3 Å². The number of nitrogens with one attached hydrogen (secondary N) is 2. The van der Waals surface area contributed by atoms with Crippen molar-refractivity contribution in [3.05, 3.63) is 201 Å². The maximum absolute atomic E-state index is 13.0. The molecule has 0 saturated carbocycles. The molecule has 79 heavy (non-hydrogen) atoms. The Bertz CT molecular complexity index is 4060. The van der Waals surface area contributed by atoms with Crippen molar-refractivity contribution >= 4 is 102 Å². The van der Waals surface area contributed by atoms with E-state index < -0.39 is 27.2 Å². The lowest BCUT2D eigenvalue weighted by Gasteiger charge is -2.16. The van der Waals surface area contributed by atoms with E-state index in [1.54, 1.807) is 66.7 Å². The Hall–Kier alpha value is -7.62. The van der Waals surface area contributed by atoms with E-state index >= 15 is 0 Å². The molecule has 2 atom stereocenters. The van der Waals surface area contributed by atoms with Gasteiger partial charge in [0.25, 0.3) is 31.2 Å². The van der Waals surface area contributed by atoms with Crippen molar-refractivity contribution in [1.82, 2.24) is 19.4 Å². The number of aromatic nitrogens is 4. The van der Waals surface area contributed by atoms with Crippen molar-refractivity contribution in [3.8, 4) is 39.8 Å². The van der Waals surface area contributed by atoms with Crippen LogP contribution in [-0.2, 0) is 20.0 Å². The number of rotatable bonds is 14. The molecule has 10 rings (SSSR count). The third kappa shape index (κ3) is 14.7. The van der Waals surface area contributed by atoms with Gasteiger partial charge in [0.05, 0.1) is 53.0 Å². The highest BCUT2D eigenvalue weighted by molar-refractivity contribution is 9.10. The predicted molar refractivity (Wildman–Crippen MR) is 321 cm³/mol. The van der Waals surface area contributed by atoms with Crippen LogP contribution in [0, 0.1) is 6.92 Å². The van der Waals surface area contributed by atoms with Crippen LogP contribution in [0.3, 0.4) is 0 Å². The van der Waals surface area contributed by atoms with E-state index in [1.807, 2.05) is 56.3 Å². The second-order valence-corrected chi connectivity index (χ2v) is 20.7. The van der Waals surface area contributed by atoms with Crippen molar-refractivity contribution in [2.24, 2.45) is 0 Å². The van der Waals surface area contributed by atoms with Gasteiger partial charge < -0.3 is 33.3 Å². The molecular formula is C54H56BBrN6O13P2S2. The molecule has 19 nitrogen and oxygen atoms in total. The Morgan fingerprint density at radius 1 is 0.608 bits per heavy atom. The van der Waals surface area contributed by atoms with Crippen LogP contribution < -0.4 is 40.2 Å². The summed E-state index contributed by atoms with van der Waals surface area (Å²) in [6.45, 7) is 4.40. The lowest BCUT2D eigenvalue weighted by Crippen LogP contribution is -2.29. The van der Waals surface area contributed by atoms with E-state index in [4.69, 9.17) is 24.3 Å². The average molecular weight is 1210 g/mol. The molecule has 0 saturated heterocycles. The summed E-state index contributed by atoms with van der Waals surface area (Å²) in [5.74, 6) is 1.89. The van der Waals surface area contributed by atoms with E-state index in [-0.39, 0.29) is 59.8 Å². The zero-order chi connectivity index (χ0) is 54.1. The van der Waals surface area contributed by atoms with Gasteiger partial charge in [0.15, 0.2) is 11.6 Å². The zero-order valence-corrected chi connectivity index (χ0v) is 48.3. The van der Waals surface area contributed by atoms with Crippen molar-refractivity contribution in [1.29, 1.82) is 0 Å². The smallest absolute Gasteiger partial charge is 0.488 e. The number of hydrogen-bond acceptors (Lipinski definition) is 15. The van der Waals surface area contributed by atoms with E-state index in [9.17, 15) is 26.4 Å². The molecule has 4 N–H and O–H groups in total. The van der Waals surface area contributed by atoms with Crippen LogP contribution in [0.4, 0.5) is 11.6 Å². The van der Waals surface area contributed by atoms with Crippen molar-refractivity contribution in [2.75, 3.05) is 30.3 Å². The molecule has 0 aliphatic heterocycles. The number of hydrogen-bond donors (Lipinski definition) is 4. The van der Waals surface area contributed by atoms with Gasteiger partial charge in [0.2, 0.25) is 0 Å². The van der Waals surface area contributed by atoms with Gasteiger partial charge in [-0.3, -0.25) is 28.2 Å². The molecule has 10 aromatic rings. The Morgan fingerprint density at radius 2 is 1.11 bits per heavy atom. The second kappa shape index (κ2) is 27.3. The van der Waals surface area contributed by atoms with Crippen molar-refractivity contribution in [2.45, 2.75) is 31.1 Å². The van der Waals surface area contributed by atoms with E-state index in [0.717, 1.165) is 26.9 Å². The molecule has 6 aromatic carbocycles. The second-order valence-electron chi connectivity index (χ2n) is 16.4. The average Bonchev–Trinajstić information content (AvgIpc) is 4.26. The van der Waals surface area contributed by atoms with Crippen molar-refractivity contribution in [3.63, 3.8) is 0 Å². The van der Waals surface area contributed by atoms with Gasteiger partial charge in [0.1, 0.15) is 29.8 Å². The number of pyridine rings is 2. The summed E-state index contributed by atoms with van der Waals surface area (Å²) in [7, 11) is -6.08. The monoisotopic (exact) mass is 1210 g/mol. The van der Waals surface area contributed by atoms with Crippen LogP contribution in [0.2, 0.25) is 0 Å². The van der Waals surface area contributed by atoms with Crippen LogP contribution >= 0.6 is 35.7 Å². The number of methoxy groups -OCH3 is 2. The Morgan fingerprint density at radius 3 is 1.58 bits per heavy atom. The SMILES string of the molecule is C.CCOc1cccc(-c2ccc(-n3c(=O)ccc4cc(S(=O)(=O)Nc5ccon5)ccc43)c(OC)c2)c1.COc1cc(Br)ccc1-n1c(=O)ccc2cc(S(=O)(=O)Nc3ccon3)ccc21.Cc1cccc(B(O)O)c1.P.P. The maximum Gasteiger partial charge on any atom is 0.488 e. The minimum atomic E-state index is -3.91.